The Hall–Kier alpha value is -2.85. The van der Waals surface area contributed by atoms with Gasteiger partial charge < -0.3 is 14.8 Å². The maximum absolute atomic E-state index is 12.6. The number of ether oxygens (including phenoxy) is 2. The molecule has 1 aliphatic rings. The summed E-state index contributed by atoms with van der Waals surface area (Å²) in [5.41, 5.74) is 2.30. The van der Waals surface area contributed by atoms with E-state index in [0.717, 1.165) is 0 Å². The lowest BCUT2D eigenvalue weighted by molar-refractivity contribution is -0.139. The molecule has 0 spiro atoms. The maximum atomic E-state index is 12.6. The number of methoxy groups -OCH3 is 1. The van der Waals surface area contributed by atoms with Crippen molar-refractivity contribution in [2.45, 2.75) is 31.6 Å². The standard InChI is InChI=1S/C18H19Cl2NO4.C6H6O3S/c1-5-25-18(23)14-10(3)21-9(2)13(17(22)24-4)15(14)11-7-6-8-12(19)16(11)20;7-10(8,9)6-4-2-1-3-5-6/h6-8,15,21H,5H2,1-4H3;1-5H,(H,7,8,9). The van der Waals surface area contributed by atoms with Crippen LogP contribution in [-0.4, -0.2) is 38.6 Å². The number of hydrogen-bond acceptors (Lipinski definition) is 7. The molecule has 0 amide bonds. The van der Waals surface area contributed by atoms with Crippen molar-refractivity contribution in [3.63, 3.8) is 0 Å². The monoisotopic (exact) mass is 541 g/mol. The van der Waals surface area contributed by atoms with E-state index in [1.807, 2.05) is 0 Å². The van der Waals surface area contributed by atoms with Crippen LogP contribution in [0.3, 0.4) is 0 Å². The Morgan fingerprint density at radius 1 is 0.971 bits per heavy atom. The van der Waals surface area contributed by atoms with Gasteiger partial charge in [-0.1, -0.05) is 53.5 Å². The fraction of sp³-hybridized carbons (Fsp3) is 0.250. The average molecular weight is 542 g/mol. The molecular weight excluding hydrogens is 517 g/mol. The van der Waals surface area contributed by atoms with Gasteiger partial charge in [-0.2, -0.15) is 8.42 Å². The topological polar surface area (TPSA) is 119 Å². The van der Waals surface area contributed by atoms with Crippen molar-refractivity contribution in [2.75, 3.05) is 13.7 Å². The second-order valence-corrected chi connectivity index (χ2v) is 9.49. The van der Waals surface area contributed by atoms with Crippen LogP contribution in [0.2, 0.25) is 10.0 Å². The molecule has 0 aromatic heterocycles. The molecule has 8 nitrogen and oxygen atoms in total. The molecule has 1 heterocycles. The van der Waals surface area contributed by atoms with Crippen LogP contribution < -0.4 is 5.32 Å². The normalized spacial score (nSPS) is 15.6. The van der Waals surface area contributed by atoms with Gasteiger partial charge in [0.25, 0.3) is 10.1 Å². The highest BCUT2D eigenvalue weighted by Crippen LogP contribution is 2.43. The summed E-state index contributed by atoms with van der Waals surface area (Å²) in [7, 11) is -2.72. The molecule has 0 aliphatic carbocycles. The Morgan fingerprint density at radius 2 is 1.54 bits per heavy atom. The summed E-state index contributed by atoms with van der Waals surface area (Å²) in [6, 6.07) is 12.5. The molecule has 0 radical (unpaired) electrons. The maximum Gasteiger partial charge on any atom is 0.336 e. The second-order valence-electron chi connectivity index (χ2n) is 7.28. The summed E-state index contributed by atoms with van der Waals surface area (Å²) in [5, 5.41) is 3.66. The summed E-state index contributed by atoms with van der Waals surface area (Å²) < 4.78 is 39.3. The van der Waals surface area contributed by atoms with E-state index in [0.29, 0.717) is 33.1 Å². The van der Waals surface area contributed by atoms with E-state index in [9.17, 15) is 18.0 Å². The van der Waals surface area contributed by atoms with Crippen molar-refractivity contribution in [1.82, 2.24) is 5.32 Å². The minimum absolute atomic E-state index is 0.0741. The number of carbonyl (C=O) groups is 2. The third kappa shape index (κ3) is 6.85. The van der Waals surface area contributed by atoms with Crippen LogP contribution in [0.15, 0.2) is 76.0 Å². The highest BCUT2D eigenvalue weighted by atomic mass is 35.5. The average Bonchev–Trinajstić information content (AvgIpc) is 2.80. The molecule has 0 saturated carbocycles. The molecule has 2 aromatic carbocycles. The zero-order chi connectivity index (χ0) is 26.3. The molecule has 2 N–H and O–H groups in total. The Bertz CT molecular complexity index is 1270. The van der Waals surface area contributed by atoms with E-state index < -0.39 is 28.0 Å². The smallest absolute Gasteiger partial charge is 0.336 e. The van der Waals surface area contributed by atoms with E-state index in [4.69, 9.17) is 37.2 Å². The number of hydrogen-bond donors (Lipinski definition) is 2. The lowest BCUT2D eigenvalue weighted by Gasteiger charge is -2.30. The highest BCUT2D eigenvalue weighted by molar-refractivity contribution is 7.85. The van der Waals surface area contributed by atoms with Crippen LogP contribution in [0.5, 0.6) is 0 Å². The SMILES string of the molecule is CCOC(=O)C1=C(C)NC(C)=C(C(=O)OC)C1c1cccc(Cl)c1Cl.O=S(=O)(O)c1ccccc1. The second kappa shape index (κ2) is 12.2. The zero-order valence-corrected chi connectivity index (χ0v) is 21.8. The van der Waals surface area contributed by atoms with E-state index in [1.165, 1.54) is 19.2 Å². The summed E-state index contributed by atoms with van der Waals surface area (Å²) in [6.45, 7) is 5.41. The first kappa shape index (κ1) is 28.4. The van der Waals surface area contributed by atoms with Gasteiger partial charge in [-0.25, -0.2) is 9.59 Å². The number of esters is 2. The minimum atomic E-state index is -4.00. The van der Waals surface area contributed by atoms with Crippen LogP contribution in [0, 0.1) is 0 Å². The molecule has 35 heavy (non-hydrogen) atoms. The first-order chi connectivity index (χ1) is 16.4. The fourth-order valence-electron chi connectivity index (χ4n) is 3.50. The third-order valence-electron chi connectivity index (χ3n) is 4.99. The summed E-state index contributed by atoms with van der Waals surface area (Å²) in [4.78, 5) is 24.9. The molecule has 3 rings (SSSR count). The van der Waals surface area contributed by atoms with Gasteiger partial charge in [0.2, 0.25) is 0 Å². The van der Waals surface area contributed by atoms with Crippen LogP contribution in [0.4, 0.5) is 0 Å². The number of nitrogens with one attached hydrogen (secondary N) is 1. The Balaban J connectivity index is 0.000000360. The number of rotatable bonds is 5. The molecule has 0 bridgehead atoms. The zero-order valence-electron chi connectivity index (χ0n) is 19.5. The van der Waals surface area contributed by atoms with E-state index >= 15 is 0 Å². The van der Waals surface area contributed by atoms with Crippen LogP contribution in [-0.2, 0) is 29.2 Å². The highest BCUT2D eigenvalue weighted by Gasteiger charge is 2.38. The van der Waals surface area contributed by atoms with Gasteiger partial charge >= 0.3 is 11.9 Å². The van der Waals surface area contributed by atoms with Crippen molar-refractivity contribution in [3.05, 3.63) is 86.7 Å². The van der Waals surface area contributed by atoms with Gasteiger partial charge in [-0.3, -0.25) is 4.55 Å². The number of dihydropyridines is 1. The van der Waals surface area contributed by atoms with Crippen molar-refractivity contribution in [2.24, 2.45) is 0 Å². The van der Waals surface area contributed by atoms with Crippen LogP contribution >= 0.6 is 23.2 Å². The summed E-state index contributed by atoms with van der Waals surface area (Å²) in [6.07, 6.45) is 0. The lowest BCUT2D eigenvalue weighted by Crippen LogP contribution is -2.32. The molecule has 0 fully saturated rings. The quantitative estimate of drug-likeness (QED) is 0.405. The van der Waals surface area contributed by atoms with Gasteiger partial charge in [-0.15, -0.1) is 0 Å². The lowest BCUT2D eigenvalue weighted by atomic mass is 9.80. The Morgan fingerprint density at radius 3 is 2.03 bits per heavy atom. The Labute approximate surface area is 214 Å². The molecule has 1 unspecified atom stereocenters. The van der Waals surface area contributed by atoms with Gasteiger partial charge in [0.05, 0.1) is 45.7 Å². The number of carbonyl (C=O) groups excluding carboxylic acids is 2. The number of allylic oxidation sites excluding steroid dienone is 2. The van der Waals surface area contributed by atoms with E-state index in [1.54, 1.807) is 57.2 Å². The van der Waals surface area contributed by atoms with E-state index in [2.05, 4.69) is 5.32 Å². The minimum Gasteiger partial charge on any atom is -0.466 e. The predicted octanol–water partition coefficient (Wildman–Crippen LogP) is 4.90. The van der Waals surface area contributed by atoms with Gasteiger partial charge in [-0.05, 0) is 44.5 Å². The molecule has 0 saturated heterocycles. The summed E-state index contributed by atoms with van der Waals surface area (Å²) in [5.74, 6) is -1.82. The van der Waals surface area contributed by atoms with Crippen LogP contribution in [0.1, 0.15) is 32.3 Å². The number of halogens is 2. The third-order valence-corrected chi connectivity index (χ3v) is 6.70. The first-order valence-electron chi connectivity index (χ1n) is 10.3. The number of benzene rings is 2. The molecule has 1 aliphatic heterocycles. The van der Waals surface area contributed by atoms with Crippen LogP contribution in [0.25, 0.3) is 0 Å². The van der Waals surface area contributed by atoms with E-state index in [-0.39, 0.29) is 16.5 Å². The molecule has 1 atom stereocenters. The van der Waals surface area contributed by atoms with Crippen molar-refractivity contribution >= 4 is 45.3 Å². The molecule has 11 heteroatoms. The van der Waals surface area contributed by atoms with Crippen molar-refractivity contribution in [1.29, 1.82) is 0 Å². The van der Waals surface area contributed by atoms with Crippen molar-refractivity contribution in [3.8, 4) is 0 Å². The van der Waals surface area contributed by atoms with Gasteiger partial charge in [0, 0.05) is 11.4 Å². The fourth-order valence-corrected chi connectivity index (χ4v) is 4.42. The molecule has 2 aromatic rings. The van der Waals surface area contributed by atoms with Gasteiger partial charge in [0.1, 0.15) is 0 Å². The first-order valence-corrected chi connectivity index (χ1v) is 12.5. The van der Waals surface area contributed by atoms with Gasteiger partial charge in [0.15, 0.2) is 0 Å². The largest absolute Gasteiger partial charge is 0.466 e. The predicted molar refractivity (Wildman–Crippen MR) is 133 cm³/mol. The molecular formula is C24H25Cl2NO7S. The molecule has 188 valence electrons. The Kier molecular flexibility index (Phi) is 9.91. The summed E-state index contributed by atoms with van der Waals surface area (Å²) >= 11 is 12.5. The van der Waals surface area contributed by atoms with Crippen molar-refractivity contribution < 1.29 is 32.0 Å².